The van der Waals surface area contributed by atoms with E-state index in [0.717, 1.165) is 14.6 Å². The molecule has 2 N–H and O–H groups in total. The first-order valence-electron chi connectivity index (χ1n) is 5.43. The molecule has 0 bridgehead atoms. The summed E-state index contributed by atoms with van der Waals surface area (Å²) in [4.78, 5) is 26.8. The highest BCUT2D eigenvalue weighted by Gasteiger charge is 2.26. The van der Waals surface area contributed by atoms with E-state index in [2.05, 4.69) is 47.5 Å². The van der Waals surface area contributed by atoms with Crippen LogP contribution in [-0.4, -0.2) is 22.8 Å². The molecule has 2 heterocycles. The standard InChI is InChI=1S/C11H11Br2N3O2/c12-6-3-7(13)9(14-4-6)5-15-8-1-2-10(17)16-11(8)18/h3-4,8,15H,1-2,5H2,(H,16,17,18). The first kappa shape index (κ1) is 13.6. The van der Waals surface area contributed by atoms with Crippen LogP contribution in [0.4, 0.5) is 0 Å². The van der Waals surface area contributed by atoms with Crippen molar-refractivity contribution in [2.75, 3.05) is 0 Å². The van der Waals surface area contributed by atoms with Gasteiger partial charge >= 0.3 is 0 Å². The fourth-order valence-electron chi connectivity index (χ4n) is 1.68. The van der Waals surface area contributed by atoms with Crippen molar-refractivity contribution in [3.63, 3.8) is 0 Å². The minimum atomic E-state index is -0.333. The molecule has 0 aliphatic carbocycles. The number of imide groups is 1. The Balaban J connectivity index is 1.95. The number of hydrogen-bond donors (Lipinski definition) is 2. The van der Waals surface area contributed by atoms with Crippen molar-refractivity contribution in [1.82, 2.24) is 15.6 Å². The molecule has 96 valence electrons. The van der Waals surface area contributed by atoms with Gasteiger partial charge in [0.15, 0.2) is 0 Å². The first-order chi connectivity index (χ1) is 8.56. The third-order valence-electron chi connectivity index (χ3n) is 2.64. The molecule has 1 unspecified atom stereocenters. The summed E-state index contributed by atoms with van der Waals surface area (Å²) < 4.78 is 1.76. The Hall–Kier alpha value is -0.790. The SMILES string of the molecule is O=C1CCC(NCc2ncc(Br)cc2Br)C(=O)N1. The van der Waals surface area contributed by atoms with Crippen molar-refractivity contribution in [1.29, 1.82) is 0 Å². The van der Waals surface area contributed by atoms with Crippen LogP contribution in [0.1, 0.15) is 18.5 Å². The normalized spacial score (nSPS) is 19.8. The molecule has 0 spiro atoms. The molecule has 5 nitrogen and oxygen atoms in total. The summed E-state index contributed by atoms with van der Waals surface area (Å²) in [5.41, 5.74) is 0.822. The van der Waals surface area contributed by atoms with Crippen LogP contribution in [0.2, 0.25) is 0 Å². The lowest BCUT2D eigenvalue weighted by molar-refractivity contribution is -0.134. The van der Waals surface area contributed by atoms with E-state index in [1.54, 1.807) is 6.20 Å². The number of aromatic nitrogens is 1. The van der Waals surface area contributed by atoms with E-state index in [9.17, 15) is 9.59 Å². The van der Waals surface area contributed by atoms with Gasteiger partial charge in [0.2, 0.25) is 11.8 Å². The van der Waals surface area contributed by atoms with Crippen LogP contribution in [0.5, 0.6) is 0 Å². The number of hydrogen-bond acceptors (Lipinski definition) is 4. The zero-order chi connectivity index (χ0) is 13.1. The summed E-state index contributed by atoms with van der Waals surface area (Å²) in [5, 5.41) is 5.41. The number of halogens is 2. The first-order valence-corrected chi connectivity index (χ1v) is 7.02. The second-order valence-corrected chi connectivity index (χ2v) is 5.74. The average molecular weight is 377 g/mol. The molecule has 1 fully saturated rings. The van der Waals surface area contributed by atoms with Gasteiger partial charge in [-0.15, -0.1) is 0 Å². The summed E-state index contributed by atoms with van der Waals surface area (Å²) >= 11 is 6.74. The molecule has 2 rings (SSSR count). The van der Waals surface area contributed by atoms with Crippen molar-refractivity contribution in [3.8, 4) is 0 Å². The summed E-state index contributed by atoms with van der Waals surface area (Å²) in [5.74, 6) is -0.472. The van der Waals surface area contributed by atoms with Crippen molar-refractivity contribution >= 4 is 43.7 Å². The third kappa shape index (κ3) is 3.37. The smallest absolute Gasteiger partial charge is 0.243 e. The van der Waals surface area contributed by atoms with Crippen LogP contribution < -0.4 is 10.6 Å². The molecule has 0 aromatic carbocycles. The molecule has 1 atom stereocenters. The Kier molecular flexibility index (Phi) is 4.47. The summed E-state index contributed by atoms with van der Waals surface area (Å²) in [6, 6.07) is 1.56. The predicted octanol–water partition coefficient (Wildman–Crippen LogP) is 1.50. The zero-order valence-electron chi connectivity index (χ0n) is 9.37. The Morgan fingerprint density at radius 3 is 2.89 bits per heavy atom. The van der Waals surface area contributed by atoms with Gasteiger partial charge in [-0.05, 0) is 44.3 Å². The van der Waals surface area contributed by atoms with Crippen LogP contribution in [-0.2, 0) is 16.1 Å². The van der Waals surface area contributed by atoms with Crippen molar-refractivity contribution in [2.45, 2.75) is 25.4 Å². The van der Waals surface area contributed by atoms with Crippen molar-refractivity contribution < 1.29 is 9.59 Å². The van der Waals surface area contributed by atoms with E-state index in [1.807, 2.05) is 6.07 Å². The van der Waals surface area contributed by atoms with Crippen LogP contribution >= 0.6 is 31.9 Å². The van der Waals surface area contributed by atoms with E-state index in [1.165, 1.54) is 0 Å². The lowest BCUT2D eigenvalue weighted by Gasteiger charge is -2.21. The summed E-state index contributed by atoms with van der Waals surface area (Å²) in [6.45, 7) is 0.472. The Morgan fingerprint density at radius 1 is 1.44 bits per heavy atom. The second kappa shape index (κ2) is 5.90. The fourth-order valence-corrected chi connectivity index (χ4v) is 2.81. The zero-order valence-corrected chi connectivity index (χ0v) is 12.5. The summed E-state index contributed by atoms with van der Waals surface area (Å²) in [6.07, 6.45) is 2.60. The number of nitrogens with zero attached hydrogens (tertiary/aromatic N) is 1. The van der Waals surface area contributed by atoms with Gasteiger partial charge in [-0.2, -0.15) is 0 Å². The molecule has 1 aromatic rings. The molecule has 7 heteroatoms. The molecular formula is C11H11Br2N3O2. The molecule has 1 saturated heterocycles. The molecule has 18 heavy (non-hydrogen) atoms. The minimum Gasteiger partial charge on any atom is -0.300 e. The highest BCUT2D eigenvalue weighted by atomic mass is 79.9. The van der Waals surface area contributed by atoms with E-state index >= 15 is 0 Å². The van der Waals surface area contributed by atoms with Gasteiger partial charge < -0.3 is 5.32 Å². The Morgan fingerprint density at radius 2 is 2.22 bits per heavy atom. The van der Waals surface area contributed by atoms with Crippen molar-refractivity contribution in [2.24, 2.45) is 0 Å². The molecular weight excluding hydrogens is 366 g/mol. The lowest BCUT2D eigenvalue weighted by Crippen LogP contribution is -2.50. The van der Waals surface area contributed by atoms with Gasteiger partial charge in [0.1, 0.15) is 0 Å². The van der Waals surface area contributed by atoms with Crippen molar-refractivity contribution in [3.05, 3.63) is 26.9 Å². The molecule has 2 amide bonds. The maximum absolute atomic E-state index is 11.5. The monoisotopic (exact) mass is 375 g/mol. The van der Waals surface area contributed by atoms with Crippen LogP contribution in [0.15, 0.2) is 21.2 Å². The number of amides is 2. The fraction of sp³-hybridized carbons (Fsp3) is 0.364. The van der Waals surface area contributed by atoms with Gasteiger partial charge in [-0.1, -0.05) is 0 Å². The lowest BCUT2D eigenvalue weighted by atomic mass is 10.1. The Bertz CT molecular complexity index is 493. The molecule has 1 aliphatic rings. The van der Waals surface area contributed by atoms with E-state index in [0.29, 0.717) is 19.4 Å². The largest absolute Gasteiger partial charge is 0.300 e. The highest BCUT2D eigenvalue weighted by Crippen LogP contribution is 2.19. The number of nitrogens with one attached hydrogen (secondary N) is 2. The topological polar surface area (TPSA) is 71.1 Å². The number of carbonyl (C=O) groups is 2. The van der Waals surface area contributed by atoms with Gasteiger partial charge in [0.05, 0.1) is 11.7 Å². The highest BCUT2D eigenvalue weighted by molar-refractivity contribution is 9.11. The summed E-state index contributed by atoms with van der Waals surface area (Å²) in [7, 11) is 0. The van der Waals surface area contributed by atoms with Crippen LogP contribution in [0, 0.1) is 0 Å². The van der Waals surface area contributed by atoms with Crippen LogP contribution in [0.25, 0.3) is 0 Å². The number of piperidine rings is 1. The maximum Gasteiger partial charge on any atom is 0.243 e. The minimum absolute atomic E-state index is 0.207. The molecule has 0 saturated carbocycles. The van der Waals surface area contributed by atoms with Gasteiger partial charge in [0.25, 0.3) is 0 Å². The second-order valence-electron chi connectivity index (χ2n) is 3.97. The molecule has 0 radical (unpaired) electrons. The van der Waals surface area contributed by atoms with Gasteiger partial charge in [0, 0.05) is 28.1 Å². The molecule has 1 aromatic heterocycles. The van der Waals surface area contributed by atoms with E-state index in [4.69, 9.17) is 0 Å². The average Bonchev–Trinajstić information content (AvgIpc) is 2.30. The van der Waals surface area contributed by atoms with Gasteiger partial charge in [-0.3, -0.25) is 19.9 Å². The maximum atomic E-state index is 11.5. The van der Waals surface area contributed by atoms with Crippen LogP contribution in [0.3, 0.4) is 0 Å². The van der Waals surface area contributed by atoms with E-state index in [-0.39, 0.29) is 17.9 Å². The predicted molar refractivity (Wildman–Crippen MR) is 72.6 cm³/mol. The van der Waals surface area contributed by atoms with Gasteiger partial charge in [-0.25, -0.2) is 0 Å². The third-order valence-corrected chi connectivity index (χ3v) is 3.76. The quantitative estimate of drug-likeness (QED) is 0.784. The Labute approximate surface area is 121 Å². The number of rotatable bonds is 3. The number of pyridine rings is 1. The molecule has 1 aliphatic heterocycles. The van der Waals surface area contributed by atoms with E-state index < -0.39 is 0 Å². The number of carbonyl (C=O) groups excluding carboxylic acids is 2.